The number of rotatable bonds is 5. The molecule has 0 spiro atoms. The molecule has 1 atom stereocenters. The molecule has 0 bridgehead atoms. The lowest BCUT2D eigenvalue weighted by molar-refractivity contribution is 0.0779. The predicted octanol–water partition coefficient (Wildman–Crippen LogP) is 4.26. The number of amides is 1. The molecule has 1 saturated heterocycles. The van der Waals surface area contributed by atoms with Gasteiger partial charge in [0.15, 0.2) is 5.82 Å². The summed E-state index contributed by atoms with van der Waals surface area (Å²) < 4.78 is 1.75. The highest BCUT2D eigenvalue weighted by Crippen LogP contribution is 2.23. The Bertz CT molecular complexity index is 1100. The number of hydrogen-bond acceptors (Lipinski definition) is 4. The highest BCUT2D eigenvalue weighted by Gasteiger charge is 2.30. The van der Waals surface area contributed by atoms with Gasteiger partial charge in [-0.05, 0) is 30.7 Å². The molecule has 4 aromatic rings. The van der Waals surface area contributed by atoms with E-state index >= 15 is 0 Å². The van der Waals surface area contributed by atoms with E-state index in [2.05, 4.69) is 15.4 Å². The molecule has 1 fully saturated rings. The summed E-state index contributed by atoms with van der Waals surface area (Å²) in [6, 6.07) is 29.9. The Labute approximate surface area is 181 Å². The highest BCUT2D eigenvalue weighted by atomic mass is 16.2. The Kier molecular flexibility index (Phi) is 5.19. The lowest BCUT2D eigenvalue weighted by Crippen LogP contribution is -2.32. The fourth-order valence-electron chi connectivity index (χ4n) is 3.90. The van der Waals surface area contributed by atoms with Crippen LogP contribution in [0.4, 0.5) is 5.69 Å². The molecule has 31 heavy (non-hydrogen) atoms. The number of hydrogen-bond donors (Lipinski definition) is 1. The first-order valence-electron chi connectivity index (χ1n) is 10.5. The van der Waals surface area contributed by atoms with E-state index < -0.39 is 0 Å². The van der Waals surface area contributed by atoms with Gasteiger partial charge >= 0.3 is 0 Å². The van der Waals surface area contributed by atoms with E-state index in [4.69, 9.17) is 0 Å². The van der Waals surface area contributed by atoms with E-state index in [1.165, 1.54) is 0 Å². The average Bonchev–Trinajstić information content (AvgIpc) is 3.48. The smallest absolute Gasteiger partial charge is 0.293 e. The van der Waals surface area contributed by atoms with Gasteiger partial charge in [-0.25, -0.2) is 9.67 Å². The number of carbonyl (C=O) groups is 1. The summed E-state index contributed by atoms with van der Waals surface area (Å²) in [4.78, 5) is 19.7. The number of benzene rings is 3. The van der Waals surface area contributed by atoms with Crippen molar-refractivity contribution in [2.24, 2.45) is 0 Å². The monoisotopic (exact) mass is 409 g/mol. The molecule has 1 N–H and O–H groups in total. The Morgan fingerprint density at radius 1 is 0.871 bits per heavy atom. The average molecular weight is 409 g/mol. The molecular weight excluding hydrogens is 386 g/mol. The van der Waals surface area contributed by atoms with E-state index in [1.807, 2.05) is 95.9 Å². The Morgan fingerprint density at radius 3 is 2.23 bits per heavy atom. The standard InChI is InChI=1S/C25H23N5O/c31-25(29-17-16-21(18-29)26-20-12-6-2-7-13-20)23-27-24(19-10-4-1-5-11-19)30(28-23)22-14-8-3-9-15-22/h1-15,21,26H,16-18H2. The SMILES string of the molecule is O=C(c1nc(-c2ccccc2)n(-c2ccccc2)n1)N1CCC(Nc2ccccc2)C1. The zero-order valence-corrected chi connectivity index (χ0v) is 17.1. The van der Waals surface area contributed by atoms with Crippen LogP contribution in [-0.2, 0) is 0 Å². The Balaban J connectivity index is 1.40. The maximum absolute atomic E-state index is 13.2. The predicted molar refractivity (Wildman–Crippen MR) is 121 cm³/mol. The molecule has 1 unspecified atom stereocenters. The van der Waals surface area contributed by atoms with E-state index in [0.29, 0.717) is 18.9 Å². The minimum absolute atomic E-state index is 0.135. The topological polar surface area (TPSA) is 63.1 Å². The number of anilines is 1. The molecule has 1 aromatic heterocycles. The van der Waals surface area contributed by atoms with Crippen molar-refractivity contribution >= 4 is 11.6 Å². The second-order valence-corrected chi connectivity index (χ2v) is 7.62. The minimum atomic E-state index is -0.135. The van der Waals surface area contributed by atoms with Crippen LogP contribution in [0.25, 0.3) is 17.1 Å². The van der Waals surface area contributed by atoms with Crippen molar-refractivity contribution in [1.29, 1.82) is 0 Å². The van der Waals surface area contributed by atoms with Crippen LogP contribution in [0.2, 0.25) is 0 Å². The maximum atomic E-state index is 13.2. The molecule has 6 nitrogen and oxygen atoms in total. The molecule has 0 radical (unpaired) electrons. The van der Waals surface area contributed by atoms with Crippen LogP contribution in [0.15, 0.2) is 91.0 Å². The van der Waals surface area contributed by atoms with Gasteiger partial charge in [-0.15, -0.1) is 5.10 Å². The summed E-state index contributed by atoms with van der Waals surface area (Å²) in [5.41, 5.74) is 2.86. The lowest BCUT2D eigenvalue weighted by Gasteiger charge is -2.16. The fraction of sp³-hybridized carbons (Fsp3) is 0.160. The molecule has 1 amide bonds. The van der Waals surface area contributed by atoms with Gasteiger partial charge in [0.05, 0.1) is 5.69 Å². The van der Waals surface area contributed by atoms with Gasteiger partial charge in [-0.1, -0.05) is 66.7 Å². The van der Waals surface area contributed by atoms with Gasteiger partial charge in [0.25, 0.3) is 5.91 Å². The first-order valence-corrected chi connectivity index (χ1v) is 10.5. The van der Waals surface area contributed by atoms with Crippen molar-refractivity contribution in [2.45, 2.75) is 12.5 Å². The summed E-state index contributed by atoms with van der Waals surface area (Å²) in [6.45, 7) is 1.32. The molecule has 6 heteroatoms. The van der Waals surface area contributed by atoms with Crippen LogP contribution >= 0.6 is 0 Å². The number of likely N-dealkylation sites (tertiary alicyclic amines) is 1. The van der Waals surface area contributed by atoms with Gasteiger partial charge in [0, 0.05) is 30.4 Å². The number of nitrogens with one attached hydrogen (secondary N) is 1. The second kappa shape index (κ2) is 8.44. The van der Waals surface area contributed by atoms with Crippen LogP contribution < -0.4 is 5.32 Å². The summed E-state index contributed by atoms with van der Waals surface area (Å²) in [7, 11) is 0. The molecule has 3 aromatic carbocycles. The first kappa shape index (κ1) is 19.1. The molecule has 154 valence electrons. The number of nitrogens with zero attached hydrogens (tertiary/aromatic N) is 4. The third-order valence-corrected chi connectivity index (χ3v) is 5.45. The zero-order chi connectivity index (χ0) is 21.0. The lowest BCUT2D eigenvalue weighted by atomic mass is 10.2. The quantitative estimate of drug-likeness (QED) is 0.535. The van der Waals surface area contributed by atoms with Crippen molar-refractivity contribution in [2.75, 3.05) is 18.4 Å². The largest absolute Gasteiger partial charge is 0.380 e. The number of carbonyl (C=O) groups excluding carboxylic acids is 1. The number of aromatic nitrogens is 3. The van der Waals surface area contributed by atoms with Gasteiger partial charge < -0.3 is 10.2 Å². The summed E-state index contributed by atoms with van der Waals surface area (Å²) in [6.07, 6.45) is 0.894. The zero-order valence-electron chi connectivity index (χ0n) is 17.1. The van der Waals surface area contributed by atoms with Gasteiger partial charge in [-0.3, -0.25) is 4.79 Å². The van der Waals surface area contributed by atoms with Crippen molar-refractivity contribution < 1.29 is 4.79 Å². The molecule has 0 saturated carbocycles. The summed E-state index contributed by atoms with van der Waals surface area (Å²) in [5.74, 6) is 0.751. The van der Waals surface area contributed by atoms with Crippen molar-refractivity contribution in [1.82, 2.24) is 19.7 Å². The molecule has 0 aliphatic carbocycles. The Morgan fingerprint density at radius 2 is 1.52 bits per heavy atom. The summed E-state index contributed by atoms with van der Waals surface area (Å²) in [5, 5.41) is 8.11. The molecule has 2 heterocycles. The molecule has 1 aliphatic rings. The van der Waals surface area contributed by atoms with Crippen LogP contribution in [0.1, 0.15) is 17.0 Å². The van der Waals surface area contributed by atoms with Gasteiger partial charge in [-0.2, -0.15) is 0 Å². The normalized spacial score (nSPS) is 15.7. The third kappa shape index (κ3) is 4.05. The van der Waals surface area contributed by atoms with E-state index in [9.17, 15) is 4.79 Å². The number of para-hydroxylation sites is 2. The van der Waals surface area contributed by atoms with Crippen LogP contribution in [0, 0.1) is 0 Å². The first-order chi connectivity index (χ1) is 15.3. The third-order valence-electron chi connectivity index (χ3n) is 5.45. The fourth-order valence-corrected chi connectivity index (χ4v) is 3.90. The molecule has 1 aliphatic heterocycles. The van der Waals surface area contributed by atoms with Gasteiger partial charge in [0.2, 0.25) is 5.82 Å². The highest BCUT2D eigenvalue weighted by molar-refractivity contribution is 5.91. The molecule has 5 rings (SSSR count). The van der Waals surface area contributed by atoms with E-state index in [0.717, 1.165) is 23.4 Å². The van der Waals surface area contributed by atoms with E-state index in [1.54, 1.807) is 4.68 Å². The van der Waals surface area contributed by atoms with Crippen LogP contribution in [0.5, 0.6) is 0 Å². The van der Waals surface area contributed by atoms with Crippen LogP contribution in [0.3, 0.4) is 0 Å². The van der Waals surface area contributed by atoms with Crippen molar-refractivity contribution in [3.05, 3.63) is 96.8 Å². The van der Waals surface area contributed by atoms with Crippen molar-refractivity contribution in [3.8, 4) is 17.1 Å². The minimum Gasteiger partial charge on any atom is -0.380 e. The van der Waals surface area contributed by atoms with Gasteiger partial charge in [0.1, 0.15) is 0 Å². The second-order valence-electron chi connectivity index (χ2n) is 7.62. The van der Waals surface area contributed by atoms with E-state index in [-0.39, 0.29) is 17.8 Å². The van der Waals surface area contributed by atoms with Crippen molar-refractivity contribution in [3.63, 3.8) is 0 Å². The maximum Gasteiger partial charge on any atom is 0.293 e. The Hall–Kier alpha value is -3.93. The molecular formula is C25H23N5O. The summed E-state index contributed by atoms with van der Waals surface area (Å²) >= 11 is 0. The van der Waals surface area contributed by atoms with Crippen LogP contribution in [-0.4, -0.2) is 44.7 Å².